The van der Waals surface area contributed by atoms with Crippen LogP contribution in [0.5, 0.6) is 0 Å². The summed E-state index contributed by atoms with van der Waals surface area (Å²) in [7, 11) is 0. The Labute approximate surface area is 131 Å². The van der Waals surface area contributed by atoms with Gasteiger partial charge in [0.15, 0.2) is 5.41 Å². The number of hydrogen-bond acceptors (Lipinski definition) is 4. The highest BCUT2D eigenvalue weighted by Crippen LogP contribution is 2.35. The first kappa shape index (κ1) is 16.5. The second kappa shape index (κ2) is 5.11. The van der Waals surface area contributed by atoms with Gasteiger partial charge in [0.1, 0.15) is 0 Å². The van der Waals surface area contributed by atoms with Gasteiger partial charge >= 0.3 is 11.9 Å². The minimum Gasteiger partial charge on any atom is -0.422 e. The van der Waals surface area contributed by atoms with Crippen LogP contribution in [0.2, 0.25) is 0 Å². The van der Waals surface area contributed by atoms with Crippen LogP contribution < -0.4 is 0 Å². The minimum atomic E-state index is -1.29. The quantitative estimate of drug-likeness (QED) is 0.621. The number of carbonyl (C=O) groups is 2. The fourth-order valence-electron chi connectivity index (χ4n) is 2.45. The molecule has 1 aromatic rings. The molecule has 1 heterocycles. The highest BCUT2D eigenvalue weighted by atomic mass is 16.7. The summed E-state index contributed by atoms with van der Waals surface area (Å²) in [5, 5.41) is 0. The molecule has 0 amide bonds. The molecule has 0 aromatic heterocycles. The fourth-order valence-corrected chi connectivity index (χ4v) is 2.45. The van der Waals surface area contributed by atoms with Gasteiger partial charge in [-0.1, -0.05) is 45.0 Å². The maximum absolute atomic E-state index is 12.2. The Bertz CT molecular complexity index is 571. The molecule has 1 aliphatic rings. The third kappa shape index (κ3) is 3.16. The molecule has 1 saturated heterocycles. The number of benzene rings is 1. The van der Waals surface area contributed by atoms with Gasteiger partial charge in [-0.25, -0.2) is 0 Å². The highest BCUT2D eigenvalue weighted by molar-refractivity contribution is 6.01. The van der Waals surface area contributed by atoms with E-state index in [2.05, 4.69) is 20.8 Å². The van der Waals surface area contributed by atoms with E-state index in [1.807, 2.05) is 24.3 Å². The van der Waals surface area contributed by atoms with Crippen molar-refractivity contribution in [2.75, 3.05) is 0 Å². The van der Waals surface area contributed by atoms with Gasteiger partial charge in [-0.05, 0) is 29.9 Å². The first-order valence-corrected chi connectivity index (χ1v) is 7.50. The Kier molecular flexibility index (Phi) is 3.84. The predicted octanol–water partition coefficient (Wildman–Crippen LogP) is 3.37. The van der Waals surface area contributed by atoms with E-state index < -0.39 is 23.1 Å². The van der Waals surface area contributed by atoms with E-state index in [0.29, 0.717) is 0 Å². The third-order valence-electron chi connectivity index (χ3n) is 3.96. The summed E-state index contributed by atoms with van der Waals surface area (Å²) in [6.07, 6.45) is 0.269. The van der Waals surface area contributed by atoms with Crippen molar-refractivity contribution in [3.8, 4) is 0 Å². The van der Waals surface area contributed by atoms with Crippen LogP contribution in [0.25, 0.3) is 0 Å². The summed E-state index contributed by atoms with van der Waals surface area (Å²) in [4.78, 5) is 24.5. The lowest BCUT2D eigenvalue weighted by Gasteiger charge is -2.38. The largest absolute Gasteiger partial charge is 0.422 e. The van der Waals surface area contributed by atoms with Gasteiger partial charge in [-0.2, -0.15) is 0 Å². The molecule has 120 valence electrons. The van der Waals surface area contributed by atoms with Crippen molar-refractivity contribution in [2.45, 2.75) is 59.2 Å². The predicted molar refractivity (Wildman–Crippen MR) is 83.2 cm³/mol. The van der Waals surface area contributed by atoms with E-state index in [0.717, 1.165) is 5.56 Å². The smallest absolute Gasteiger partial charge is 0.326 e. The van der Waals surface area contributed by atoms with E-state index in [9.17, 15) is 9.59 Å². The van der Waals surface area contributed by atoms with Crippen LogP contribution in [0.3, 0.4) is 0 Å². The fraction of sp³-hybridized carbons (Fsp3) is 0.556. The van der Waals surface area contributed by atoms with Gasteiger partial charge in [-0.15, -0.1) is 0 Å². The second-order valence-electron chi connectivity index (χ2n) is 7.63. The Morgan fingerprint density at radius 1 is 0.909 bits per heavy atom. The van der Waals surface area contributed by atoms with Crippen molar-refractivity contribution in [1.82, 2.24) is 0 Å². The number of rotatable bonds is 2. The average molecular weight is 304 g/mol. The average Bonchev–Trinajstić information content (AvgIpc) is 2.35. The summed E-state index contributed by atoms with van der Waals surface area (Å²) in [6, 6.07) is 7.96. The number of ether oxygens (including phenoxy) is 2. The molecule has 0 N–H and O–H groups in total. The summed E-state index contributed by atoms with van der Waals surface area (Å²) in [5.41, 5.74) is 0.883. The minimum absolute atomic E-state index is 0.0646. The van der Waals surface area contributed by atoms with Crippen molar-refractivity contribution >= 4 is 11.9 Å². The molecule has 2 rings (SSSR count). The van der Waals surface area contributed by atoms with Gasteiger partial charge in [0.25, 0.3) is 5.79 Å². The molecule has 0 aliphatic carbocycles. The zero-order valence-electron chi connectivity index (χ0n) is 14.1. The lowest BCUT2D eigenvalue weighted by Crippen LogP contribution is -2.53. The maximum atomic E-state index is 12.2. The normalized spacial score (nSPS) is 20.3. The van der Waals surface area contributed by atoms with Crippen molar-refractivity contribution < 1.29 is 19.1 Å². The zero-order chi connectivity index (χ0) is 16.8. The van der Waals surface area contributed by atoms with Crippen LogP contribution in [0, 0.1) is 5.41 Å². The maximum Gasteiger partial charge on any atom is 0.326 e. The lowest BCUT2D eigenvalue weighted by molar-refractivity contribution is -0.249. The van der Waals surface area contributed by atoms with E-state index in [4.69, 9.17) is 9.47 Å². The van der Waals surface area contributed by atoms with E-state index in [1.54, 1.807) is 20.8 Å². The van der Waals surface area contributed by atoms with Crippen LogP contribution in [0.4, 0.5) is 0 Å². The van der Waals surface area contributed by atoms with Crippen molar-refractivity contribution in [2.24, 2.45) is 5.41 Å². The summed E-state index contributed by atoms with van der Waals surface area (Å²) in [6.45, 7) is 11.1. The summed E-state index contributed by atoms with van der Waals surface area (Å²) >= 11 is 0. The molecular weight excluding hydrogens is 280 g/mol. The molecule has 0 spiro atoms. The third-order valence-corrected chi connectivity index (χ3v) is 3.96. The molecule has 1 aliphatic heterocycles. The Hall–Kier alpha value is -1.84. The molecule has 1 fully saturated rings. The highest BCUT2D eigenvalue weighted by Gasteiger charge is 2.52. The number of esters is 2. The summed E-state index contributed by atoms with van der Waals surface area (Å²) < 4.78 is 10.5. The monoisotopic (exact) mass is 304 g/mol. The Morgan fingerprint density at radius 3 is 1.77 bits per heavy atom. The number of hydrogen-bond donors (Lipinski definition) is 0. The second-order valence-corrected chi connectivity index (χ2v) is 7.63. The number of carbonyl (C=O) groups excluding carboxylic acids is 2. The molecule has 0 atom stereocenters. The van der Waals surface area contributed by atoms with Crippen LogP contribution in [-0.2, 0) is 30.9 Å². The zero-order valence-corrected chi connectivity index (χ0v) is 14.1. The Balaban J connectivity index is 2.22. The van der Waals surface area contributed by atoms with Crippen LogP contribution in [0.1, 0.15) is 52.7 Å². The molecule has 1 aromatic carbocycles. The number of cyclic esters (lactones) is 2. The molecule has 0 saturated carbocycles. The van der Waals surface area contributed by atoms with Crippen LogP contribution in [0.15, 0.2) is 24.3 Å². The van der Waals surface area contributed by atoms with Gasteiger partial charge in [0.05, 0.1) is 0 Å². The Morgan fingerprint density at radius 2 is 1.36 bits per heavy atom. The molecule has 0 radical (unpaired) electrons. The topological polar surface area (TPSA) is 52.6 Å². The lowest BCUT2D eigenvalue weighted by atomic mass is 9.81. The van der Waals surface area contributed by atoms with E-state index in [1.165, 1.54) is 5.56 Å². The molecule has 22 heavy (non-hydrogen) atoms. The van der Waals surface area contributed by atoms with Gasteiger partial charge in [0.2, 0.25) is 0 Å². The van der Waals surface area contributed by atoms with Crippen LogP contribution in [-0.4, -0.2) is 17.7 Å². The van der Waals surface area contributed by atoms with Gasteiger partial charge in [0, 0.05) is 13.8 Å². The van der Waals surface area contributed by atoms with Crippen molar-refractivity contribution in [3.05, 3.63) is 35.4 Å². The molecule has 0 bridgehead atoms. The van der Waals surface area contributed by atoms with Crippen molar-refractivity contribution in [3.63, 3.8) is 0 Å². The SMILES string of the molecule is CC1(C)OC(=O)C(C)(Cc2ccc(C(C)(C)C)cc2)C(=O)O1. The van der Waals surface area contributed by atoms with Crippen molar-refractivity contribution in [1.29, 1.82) is 0 Å². The van der Waals surface area contributed by atoms with E-state index >= 15 is 0 Å². The molecule has 0 unspecified atom stereocenters. The standard InChI is InChI=1S/C18H24O4/c1-16(2,3)13-9-7-12(8-10-13)11-18(6)14(19)21-17(4,5)22-15(18)20/h7-10H,11H2,1-6H3. The molecule has 4 nitrogen and oxygen atoms in total. The van der Waals surface area contributed by atoms with Gasteiger partial charge in [-0.3, -0.25) is 9.59 Å². The summed E-state index contributed by atoms with van der Waals surface area (Å²) in [5.74, 6) is -2.26. The van der Waals surface area contributed by atoms with E-state index in [-0.39, 0.29) is 11.8 Å². The van der Waals surface area contributed by atoms with Crippen LogP contribution >= 0.6 is 0 Å². The first-order valence-electron chi connectivity index (χ1n) is 7.50. The molecular formula is C18H24O4. The molecule has 4 heteroatoms. The first-order chi connectivity index (χ1) is 9.94. The van der Waals surface area contributed by atoms with Gasteiger partial charge < -0.3 is 9.47 Å².